The maximum atomic E-state index is 12.1. The molecule has 2 unspecified atom stereocenters. The van der Waals surface area contributed by atoms with Crippen molar-refractivity contribution in [1.82, 2.24) is 10.2 Å². The Hall–Kier alpha value is -1.79. The molecule has 0 aromatic heterocycles. The standard InChI is InChI=1S/C14H24N2O5/c1-3-21-13(19)11-5-4-8-16(9-11)14(20)15-10(2)6-7-12(17)18/h10-11H,3-9H2,1-2H3,(H,15,20)(H,17,18). The molecule has 0 aromatic carbocycles. The Balaban J connectivity index is 2.42. The summed E-state index contributed by atoms with van der Waals surface area (Å²) in [6, 6.07) is -0.460. The average molecular weight is 300 g/mol. The van der Waals surface area contributed by atoms with Crippen LogP contribution in [0, 0.1) is 5.92 Å². The largest absolute Gasteiger partial charge is 0.481 e. The molecule has 1 fully saturated rings. The number of carboxylic acids is 1. The topological polar surface area (TPSA) is 95.9 Å². The summed E-state index contributed by atoms with van der Waals surface area (Å²) >= 11 is 0. The van der Waals surface area contributed by atoms with Crippen molar-refractivity contribution in [2.24, 2.45) is 5.92 Å². The lowest BCUT2D eigenvalue weighted by Gasteiger charge is -2.32. The third-order valence-corrected chi connectivity index (χ3v) is 3.49. The number of urea groups is 1. The highest BCUT2D eigenvalue weighted by Crippen LogP contribution is 2.18. The molecule has 21 heavy (non-hydrogen) atoms. The van der Waals surface area contributed by atoms with Gasteiger partial charge >= 0.3 is 18.0 Å². The van der Waals surface area contributed by atoms with E-state index in [1.54, 1.807) is 18.7 Å². The minimum absolute atomic E-state index is 0.0207. The summed E-state index contributed by atoms with van der Waals surface area (Å²) in [5, 5.41) is 11.4. The molecule has 1 heterocycles. The van der Waals surface area contributed by atoms with E-state index in [4.69, 9.17) is 9.84 Å². The van der Waals surface area contributed by atoms with Crippen LogP contribution in [0.1, 0.15) is 39.5 Å². The molecule has 7 nitrogen and oxygen atoms in total. The molecule has 1 aliphatic rings. The summed E-state index contributed by atoms with van der Waals surface area (Å²) in [6.45, 7) is 4.83. The molecule has 0 aromatic rings. The van der Waals surface area contributed by atoms with Crippen molar-refractivity contribution in [3.05, 3.63) is 0 Å². The van der Waals surface area contributed by atoms with Gasteiger partial charge in [-0.3, -0.25) is 9.59 Å². The van der Waals surface area contributed by atoms with Gasteiger partial charge in [-0.1, -0.05) is 0 Å². The van der Waals surface area contributed by atoms with E-state index in [0.717, 1.165) is 12.8 Å². The zero-order valence-electron chi connectivity index (χ0n) is 12.6. The van der Waals surface area contributed by atoms with Crippen LogP contribution in [0.5, 0.6) is 0 Å². The summed E-state index contributed by atoms with van der Waals surface area (Å²) in [5.74, 6) is -1.40. The molecule has 1 rings (SSSR count). The van der Waals surface area contributed by atoms with Crippen LogP contribution >= 0.6 is 0 Å². The first-order chi connectivity index (χ1) is 9.93. The van der Waals surface area contributed by atoms with Crippen molar-refractivity contribution in [3.63, 3.8) is 0 Å². The van der Waals surface area contributed by atoms with Gasteiger partial charge in [0.05, 0.1) is 12.5 Å². The second kappa shape index (κ2) is 8.49. The van der Waals surface area contributed by atoms with Gasteiger partial charge in [0, 0.05) is 25.6 Å². The number of carbonyl (C=O) groups excluding carboxylic acids is 2. The lowest BCUT2D eigenvalue weighted by Crippen LogP contribution is -2.49. The number of rotatable bonds is 6. The van der Waals surface area contributed by atoms with E-state index >= 15 is 0 Å². The molecule has 0 radical (unpaired) electrons. The molecule has 1 saturated heterocycles. The van der Waals surface area contributed by atoms with Gasteiger partial charge < -0.3 is 20.1 Å². The van der Waals surface area contributed by atoms with Crippen LogP contribution in [0.15, 0.2) is 0 Å². The highest BCUT2D eigenvalue weighted by atomic mass is 16.5. The van der Waals surface area contributed by atoms with Gasteiger partial charge in [0.25, 0.3) is 0 Å². The van der Waals surface area contributed by atoms with Gasteiger partial charge in [-0.05, 0) is 33.1 Å². The lowest BCUT2D eigenvalue weighted by atomic mass is 9.98. The fourth-order valence-corrected chi connectivity index (χ4v) is 2.33. The third kappa shape index (κ3) is 6.01. The number of hydrogen-bond donors (Lipinski definition) is 2. The quantitative estimate of drug-likeness (QED) is 0.719. The highest BCUT2D eigenvalue weighted by Gasteiger charge is 2.29. The van der Waals surface area contributed by atoms with Gasteiger partial charge in [-0.15, -0.1) is 0 Å². The Kier molecular flexibility index (Phi) is 6.98. The van der Waals surface area contributed by atoms with E-state index in [-0.39, 0.29) is 30.4 Å². The van der Waals surface area contributed by atoms with Crippen LogP contribution in [-0.2, 0) is 14.3 Å². The van der Waals surface area contributed by atoms with Crippen molar-refractivity contribution >= 4 is 18.0 Å². The van der Waals surface area contributed by atoms with Gasteiger partial charge in [0.1, 0.15) is 0 Å². The van der Waals surface area contributed by atoms with Crippen LogP contribution in [0.2, 0.25) is 0 Å². The number of piperidine rings is 1. The lowest BCUT2D eigenvalue weighted by molar-refractivity contribution is -0.149. The second-order valence-corrected chi connectivity index (χ2v) is 5.32. The zero-order chi connectivity index (χ0) is 15.8. The van der Waals surface area contributed by atoms with Crippen LogP contribution < -0.4 is 5.32 Å². The maximum absolute atomic E-state index is 12.1. The Morgan fingerprint density at radius 2 is 2.14 bits per heavy atom. The van der Waals surface area contributed by atoms with Gasteiger partial charge in [-0.2, -0.15) is 0 Å². The van der Waals surface area contributed by atoms with E-state index in [9.17, 15) is 14.4 Å². The summed E-state index contributed by atoms with van der Waals surface area (Å²) in [6.07, 6.45) is 1.90. The molecule has 2 amide bonds. The van der Waals surface area contributed by atoms with E-state index in [1.165, 1.54) is 0 Å². The van der Waals surface area contributed by atoms with E-state index in [0.29, 0.717) is 26.1 Å². The average Bonchev–Trinajstić information content (AvgIpc) is 2.45. The number of likely N-dealkylation sites (tertiary alicyclic amines) is 1. The monoisotopic (exact) mass is 300 g/mol. The molecule has 0 spiro atoms. The van der Waals surface area contributed by atoms with Gasteiger partial charge in [0.2, 0.25) is 0 Å². The number of nitrogens with one attached hydrogen (secondary N) is 1. The van der Waals surface area contributed by atoms with Crippen molar-refractivity contribution < 1.29 is 24.2 Å². The molecule has 0 bridgehead atoms. The predicted octanol–water partition coefficient (Wildman–Crippen LogP) is 1.22. The van der Waals surface area contributed by atoms with E-state index in [1.807, 2.05) is 0 Å². The first-order valence-electron chi connectivity index (χ1n) is 7.37. The van der Waals surface area contributed by atoms with Crippen molar-refractivity contribution in [1.29, 1.82) is 0 Å². The number of aliphatic carboxylic acids is 1. The van der Waals surface area contributed by atoms with Crippen molar-refractivity contribution in [2.45, 2.75) is 45.6 Å². The summed E-state index contributed by atoms with van der Waals surface area (Å²) in [4.78, 5) is 35.9. The van der Waals surface area contributed by atoms with E-state index < -0.39 is 5.97 Å². The Labute approximate surface area is 124 Å². The molecule has 0 aliphatic carbocycles. The van der Waals surface area contributed by atoms with Crippen LogP contribution in [0.25, 0.3) is 0 Å². The summed E-state index contributed by atoms with van der Waals surface area (Å²) in [7, 11) is 0. The SMILES string of the molecule is CCOC(=O)C1CCCN(C(=O)NC(C)CCC(=O)O)C1. The molecule has 7 heteroatoms. The van der Waals surface area contributed by atoms with Crippen LogP contribution in [0.3, 0.4) is 0 Å². The number of carboxylic acid groups (broad SMARTS) is 1. The minimum atomic E-state index is -0.878. The fourth-order valence-electron chi connectivity index (χ4n) is 2.33. The van der Waals surface area contributed by atoms with E-state index in [2.05, 4.69) is 5.32 Å². The number of nitrogens with zero attached hydrogens (tertiary/aromatic N) is 1. The van der Waals surface area contributed by atoms with Crippen molar-refractivity contribution in [2.75, 3.05) is 19.7 Å². The normalized spacial score (nSPS) is 19.7. The smallest absolute Gasteiger partial charge is 0.317 e. The molecule has 1 aliphatic heterocycles. The van der Waals surface area contributed by atoms with Crippen LogP contribution in [0.4, 0.5) is 4.79 Å². The van der Waals surface area contributed by atoms with Crippen molar-refractivity contribution in [3.8, 4) is 0 Å². The van der Waals surface area contributed by atoms with Gasteiger partial charge in [-0.25, -0.2) is 4.79 Å². The summed E-state index contributed by atoms with van der Waals surface area (Å²) in [5.41, 5.74) is 0. The number of amides is 2. The second-order valence-electron chi connectivity index (χ2n) is 5.32. The predicted molar refractivity (Wildman–Crippen MR) is 75.8 cm³/mol. The molecule has 120 valence electrons. The fraction of sp³-hybridized carbons (Fsp3) is 0.786. The van der Waals surface area contributed by atoms with Gasteiger partial charge in [0.15, 0.2) is 0 Å². The molecular weight excluding hydrogens is 276 g/mol. The Bertz CT molecular complexity index is 386. The van der Waals surface area contributed by atoms with Crippen LogP contribution in [-0.4, -0.2) is 53.7 Å². The molecule has 2 N–H and O–H groups in total. The first kappa shape index (κ1) is 17.3. The molecular formula is C14H24N2O5. The number of hydrogen-bond acceptors (Lipinski definition) is 4. The Morgan fingerprint density at radius 1 is 1.43 bits per heavy atom. The molecule has 0 saturated carbocycles. The maximum Gasteiger partial charge on any atom is 0.317 e. The third-order valence-electron chi connectivity index (χ3n) is 3.49. The number of esters is 1. The molecule has 2 atom stereocenters. The Morgan fingerprint density at radius 3 is 2.76 bits per heavy atom. The zero-order valence-corrected chi connectivity index (χ0v) is 12.6. The number of ether oxygens (including phenoxy) is 1. The number of carbonyl (C=O) groups is 3. The first-order valence-corrected chi connectivity index (χ1v) is 7.37. The minimum Gasteiger partial charge on any atom is -0.481 e. The summed E-state index contributed by atoms with van der Waals surface area (Å²) < 4.78 is 4.99. The highest BCUT2D eigenvalue weighted by molar-refractivity contribution is 5.77.